The standard InChI is InChI=1S/C6H10N2O2/c1-8-5(9)10-4-6(8)2-7-3-6/h7H,2-4H2,1H3. The predicted octanol–water partition coefficient (Wildman–Crippen LogP) is -0.590. The van der Waals surface area contributed by atoms with E-state index in [2.05, 4.69) is 5.32 Å². The van der Waals surface area contributed by atoms with Gasteiger partial charge < -0.3 is 10.1 Å². The molecule has 0 saturated carbocycles. The Labute approximate surface area is 59.1 Å². The van der Waals surface area contributed by atoms with Gasteiger partial charge in [0.25, 0.3) is 0 Å². The lowest BCUT2D eigenvalue weighted by molar-refractivity contribution is 0.126. The molecule has 2 rings (SSSR count). The molecule has 2 heterocycles. The molecule has 0 radical (unpaired) electrons. The number of hydrogen-bond acceptors (Lipinski definition) is 3. The van der Waals surface area contributed by atoms with Crippen LogP contribution in [0.25, 0.3) is 0 Å². The zero-order chi connectivity index (χ0) is 7.19. The van der Waals surface area contributed by atoms with Crippen LogP contribution in [0.15, 0.2) is 0 Å². The molecule has 1 spiro atoms. The summed E-state index contributed by atoms with van der Waals surface area (Å²) in [5, 5.41) is 3.12. The van der Waals surface area contributed by atoms with Gasteiger partial charge in [-0.1, -0.05) is 0 Å². The van der Waals surface area contributed by atoms with E-state index in [4.69, 9.17) is 4.74 Å². The number of nitrogens with one attached hydrogen (secondary N) is 1. The van der Waals surface area contributed by atoms with Gasteiger partial charge in [-0.05, 0) is 0 Å². The number of hydrogen-bond donors (Lipinski definition) is 1. The third-order valence-electron chi connectivity index (χ3n) is 2.36. The molecular weight excluding hydrogens is 132 g/mol. The lowest BCUT2D eigenvalue weighted by Crippen LogP contribution is -2.67. The van der Waals surface area contributed by atoms with Crippen LogP contribution in [0.2, 0.25) is 0 Å². The minimum absolute atomic E-state index is 0.00289. The summed E-state index contributed by atoms with van der Waals surface area (Å²) in [6.45, 7) is 2.29. The fourth-order valence-electron chi connectivity index (χ4n) is 1.34. The molecule has 0 aromatic carbocycles. The Kier molecular flexibility index (Phi) is 0.976. The molecular formula is C6H10N2O2. The predicted molar refractivity (Wildman–Crippen MR) is 34.7 cm³/mol. The number of cyclic esters (lactones) is 1. The van der Waals surface area contributed by atoms with E-state index < -0.39 is 0 Å². The molecule has 2 fully saturated rings. The molecule has 1 N–H and O–H groups in total. The molecule has 2 aliphatic rings. The SMILES string of the molecule is CN1C(=O)OCC12CNC2. The van der Waals surface area contributed by atoms with E-state index in [-0.39, 0.29) is 11.6 Å². The molecule has 0 aromatic heterocycles. The van der Waals surface area contributed by atoms with Crippen molar-refractivity contribution >= 4 is 6.09 Å². The highest BCUT2D eigenvalue weighted by atomic mass is 16.6. The quantitative estimate of drug-likeness (QED) is 0.491. The first-order valence-corrected chi connectivity index (χ1v) is 3.36. The first-order valence-electron chi connectivity index (χ1n) is 3.36. The van der Waals surface area contributed by atoms with Crippen LogP contribution in [0.4, 0.5) is 4.79 Å². The van der Waals surface area contributed by atoms with Gasteiger partial charge in [-0.15, -0.1) is 0 Å². The molecule has 0 bridgehead atoms. The highest BCUT2D eigenvalue weighted by Gasteiger charge is 2.49. The Morgan fingerprint density at radius 3 is 2.60 bits per heavy atom. The van der Waals surface area contributed by atoms with Gasteiger partial charge in [0.2, 0.25) is 0 Å². The summed E-state index contributed by atoms with van der Waals surface area (Å²) in [6.07, 6.45) is -0.193. The molecule has 56 valence electrons. The number of nitrogens with zero attached hydrogens (tertiary/aromatic N) is 1. The van der Waals surface area contributed by atoms with Gasteiger partial charge >= 0.3 is 6.09 Å². The second-order valence-corrected chi connectivity index (χ2v) is 2.94. The van der Waals surface area contributed by atoms with Crippen molar-refractivity contribution in [3.05, 3.63) is 0 Å². The summed E-state index contributed by atoms with van der Waals surface area (Å²) in [7, 11) is 1.79. The number of ether oxygens (including phenoxy) is 1. The topological polar surface area (TPSA) is 41.6 Å². The van der Waals surface area contributed by atoms with Crippen molar-refractivity contribution in [2.75, 3.05) is 26.7 Å². The van der Waals surface area contributed by atoms with Gasteiger partial charge in [0.1, 0.15) is 12.1 Å². The molecule has 1 amide bonds. The Bertz CT molecular complexity index is 177. The van der Waals surface area contributed by atoms with Gasteiger partial charge in [0.05, 0.1) is 0 Å². The Balaban J connectivity index is 2.17. The molecule has 0 aromatic rings. The molecule has 0 atom stereocenters. The molecule has 4 heteroatoms. The highest BCUT2D eigenvalue weighted by Crippen LogP contribution is 2.25. The minimum Gasteiger partial charge on any atom is -0.447 e. The van der Waals surface area contributed by atoms with Crippen LogP contribution >= 0.6 is 0 Å². The fourth-order valence-corrected chi connectivity index (χ4v) is 1.34. The largest absolute Gasteiger partial charge is 0.447 e. The third-order valence-corrected chi connectivity index (χ3v) is 2.36. The highest BCUT2D eigenvalue weighted by molar-refractivity contribution is 5.71. The summed E-state index contributed by atoms with van der Waals surface area (Å²) < 4.78 is 4.87. The molecule has 10 heavy (non-hydrogen) atoms. The lowest BCUT2D eigenvalue weighted by atomic mass is 9.93. The molecule has 0 unspecified atom stereocenters. The Morgan fingerprint density at radius 2 is 2.40 bits per heavy atom. The zero-order valence-electron chi connectivity index (χ0n) is 5.89. The van der Waals surface area contributed by atoms with Crippen molar-refractivity contribution in [1.29, 1.82) is 0 Å². The van der Waals surface area contributed by atoms with Crippen LogP contribution in [0.5, 0.6) is 0 Å². The van der Waals surface area contributed by atoms with Crippen molar-refractivity contribution < 1.29 is 9.53 Å². The van der Waals surface area contributed by atoms with E-state index in [9.17, 15) is 4.79 Å². The maximum absolute atomic E-state index is 10.9. The second-order valence-electron chi connectivity index (χ2n) is 2.94. The van der Waals surface area contributed by atoms with Gasteiger partial charge in [0, 0.05) is 20.1 Å². The third kappa shape index (κ3) is 0.520. The number of rotatable bonds is 0. The van der Waals surface area contributed by atoms with Crippen molar-refractivity contribution in [2.45, 2.75) is 5.54 Å². The van der Waals surface area contributed by atoms with Crippen LogP contribution in [-0.4, -0.2) is 43.3 Å². The number of carbonyl (C=O) groups excluding carboxylic acids is 1. The first-order chi connectivity index (χ1) is 4.75. The van der Waals surface area contributed by atoms with E-state index in [1.54, 1.807) is 11.9 Å². The lowest BCUT2D eigenvalue weighted by Gasteiger charge is -2.41. The normalized spacial score (nSPS) is 28.5. The maximum atomic E-state index is 10.9. The maximum Gasteiger partial charge on any atom is 0.410 e. The smallest absolute Gasteiger partial charge is 0.410 e. The van der Waals surface area contributed by atoms with Crippen LogP contribution in [0.3, 0.4) is 0 Å². The summed E-state index contributed by atoms with van der Waals surface area (Å²) in [5.41, 5.74) is -0.00289. The monoisotopic (exact) mass is 142 g/mol. The average Bonchev–Trinajstić information content (AvgIpc) is 2.10. The zero-order valence-corrected chi connectivity index (χ0v) is 5.89. The van der Waals surface area contributed by atoms with E-state index in [1.807, 2.05) is 0 Å². The van der Waals surface area contributed by atoms with Crippen molar-refractivity contribution in [3.8, 4) is 0 Å². The molecule has 0 aliphatic carbocycles. The van der Waals surface area contributed by atoms with Crippen molar-refractivity contribution in [1.82, 2.24) is 10.2 Å². The molecule has 2 saturated heterocycles. The minimum atomic E-state index is -0.193. The molecule has 2 aliphatic heterocycles. The fraction of sp³-hybridized carbons (Fsp3) is 0.833. The van der Waals surface area contributed by atoms with Gasteiger partial charge in [0.15, 0.2) is 0 Å². The van der Waals surface area contributed by atoms with E-state index in [1.165, 1.54) is 0 Å². The van der Waals surface area contributed by atoms with E-state index >= 15 is 0 Å². The van der Waals surface area contributed by atoms with Gasteiger partial charge in [-0.2, -0.15) is 0 Å². The molecule has 4 nitrogen and oxygen atoms in total. The average molecular weight is 142 g/mol. The van der Waals surface area contributed by atoms with Crippen molar-refractivity contribution in [2.24, 2.45) is 0 Å². The van der Waals surface area contributed by atoms with Gasteiger partial charge in [-0.25, -0.2) is 4.79 Å². The van der Waals surface area contributed by atoms with E-state index in [0.29, 0.717) is 6.61 Å². The second kappa shape index (κ2) is 1.63. The van der Waals surface area contributed by atoms with Crippen LogP contribution in [-0.2, 0) is 4.74 Å². The number of likely N-dealkylation sites (N-methyl/N-ethyl adjacent to an activating group) is 1. The van der Waals surface area contributed by atoms with E-state index in [0.717, 1.165) is 13.1 Å². The van der Waals surface area contributed by atoms with Crippen LogP contribution in [0, 0.1) is 0 Å². The van der Waals surface area contributed by atoms with Crippen molar-refractivity contribution in [3.63, 3.8) is 0 Å². The van der Waals surface area contributed by atoms with Crippen LogP contribution in [0.1, 0.15) is 0 Å². The van der Waals surface area contributed by atoms with Crippen LogP contribution < -0.4 is 5.32 Å². The Morgan fingerprint density at radius 1 is 1.70 bits per heavy atom. The number of amides is 1. The summed E-state index contributed by atoms with van der Waals surface area (Å²) in [4.78, 5) is 12.5. The summed E-state index contributed by atoms with van der Waals surface area (Å²) in [5.74, 6) is 0. The summed E-state index contributed by atoms with van der Waals surface area (Å²) >= 11 is 0. The number of carbonyl (C=O) groups is 1. The Hall–Kier alpha value is -0.770. The summed E-state index contributed by atoms with van der Waals surface area (Å²) in [6, 6.07) is 0. The first kappa shape index (κ1) is 5.97. The van der Waals surface area contributed by atoms with Gasteiger partial charge in [-0.3, -0.25) is 4.90 Å².